The van der Waals surface area contributed by atoms with Gasteiger partial charge in [-0.2, -0.15) is 0 Å². The molecule has 0 atom stereocenters. The number of rotatable bonds is 4. The lowest BCUT2D eigenvalue weighted by Crippen LogP contribution is -2.28. The minimum absolute atomic E-state index is 0.0321. The Balaban J connectivity index is 2.09. The summed E-state index contributed by atoms with van der Waals surface area (Å²) in [6.45, 7) is 2.41. The van der Waals surface area contributed by atoms with Crippen LogP contribution in [-0.2, 0) is 6.54 Å². The summed E-state index contributed by atoms with van der Waals surface area (Å²) in [5, 5.41) is 12.7. The summed E-state index contributed by atoms with van der Waals surface area (Å²) < 4.78 is 7.06. The van der Waals surface area contributed by atoms with Gasteiger partial charge in [-0.05, 0) is 38.1 Å². The molecule has 0 unspecified atom stereocenters. The van der Waals surface area contributed by atoms with Crippen molar-refractivity contribution in [2.75, 3.05) is 19.7 Å². The minimum atomic E-state index is -0.854. The highest BCUT2D eigenvalue weighted by Gasteiger charge is 2.23. The van der Waals surface area contributed by atoms with E-state index in [1.54, 1.807) is 12.1 Å². The van der Waals surface area contributed by atoms with Gasteiger partial charge in [-0.25, -0.2) is 9.78 Å². The van der Waals surface area contributed by atoms with Crippen molar-refractivity contribution in [3.63, 3.8) is 0 Å². The van der Waals surface area contributed by atoms with E-state index in [-0.39, 0.29) is 6.61 Å². The number of hydrogen-bond acceptors (Lipinski definition) is 5. The standard InChI is InChI=1S/C15H20N4O3/c16-15(21)22-12-3-1-2-11-13(12)18-14(19(11)8-9-20)10-4-6-17-7-5-10/h1-3,10,17,20H,4-9H2,(H2,16,21). The molecule has 7 nitrogen and oxygen atoms in total. The van der Waals surface area contributed by atoms with Crippen LogP contribution >= 0.6 is 0 Å². The van der Waals surface area contributed by atoms with Crippen molar-refractivity contribution >= 4 is 17.1 Å². The molecule has 7 heteroatoms. The maximum Gasteiger partial charge on any atom is 0.410 e. The Kier molecular flexibility index (Phi) is 4.26. The van der Waals surface area contributed by atoms with Crippen LogP contribution in [0, 0.1) is 0 Å². The molecular formula is C15H20N4O3. The van der Waals surface area contributed by atoms with Crippen LogP contribution in [0.2, 0.25) is 0 Å². The number of aliphatic hydroxyl groups is 1. The fourth-order valence-corrected chi connectivity index (χ4v) is 3.06. The Morgan fingerprint density at radius 2 is 2.23 bits per heavy atom. The second-order valence-corrected chi connectivity index (χ2v) is 5.41. The Bertz CT molecular complexity index is 677. The molecule has 0 radical (unpaired) electrons. The molecule has 22 heavy (non-hydrogen) atoms. The zero-order valence-electron chi connectivity index (χ0n) is 12.3. The van der Waals surface area contributed by atoms with Crippen molar-refractivity contribution in [1.29, 1.82) is 0 Å². The number of aromatic nitrogens is 2. The molecule has 0 saturated carbocycles. The molecule has 3 rings (SSSR count). The first-order chi connectivity index (χ1) is 10.7. The number of nitrogens with two attached hydrogens (primary N) is 1. The molecular weight excluding hydrogens is 284 g/mol. The van der Waals surface area contributed by atoms with E-state index in [0.717, 1.165) is 37.3 Å². The van der Waals surface area contributed by atoms with Gasteiger partial charge in [-0.1, -0.05) is 6.07 Å². The molecule has 2 heterocycles. The smallest absolute Gasteiger partial charge is 0.408 e. The van der Waals surface area contributed by atoms with E-state index in [2.05, 4.69) is 5.32 Å². The molecule has 2 aromatic rings. The summed E-state index contributed by atoms with van der Waals surface area (Å²) >= 11 is 0. The third kappa shape index (κ3) is 2.77. The second-order valence-electron chi connectivity index (χ2n) is 5.41. The van der Waals surface area contributed by atoms with Gasteiger partial charge in [0.15, 0.2) is 5.75 Å². The molecule has 1 saturated heterocycles. The monoisotopic (exact) mass is 304 g/mol. The van der Waals surface area contributed by atoms with Gasteiger partial charge in [-0.15, -0.1) is 0 Å². The van der Waals surface area contributed by atoms with E-state index in [9.17, 15) is 9.90 Å². The van der Waals surface area contributed by atoms with Gasteiger partial charge in [-0.3, -0.25) is 0 Å². The number of benzene rings is 1. The zero-order chi connectivity index (χ0) is 15.5. The van der Waals surface area contributed by atoms with Gasteiger partial charge >= 0.3 is 6.09 Å². The number of ether oxygens (including phenoxy) is 1. The van der Waals surface area contributed by atoms with Gasteiger partial charge in [0, 0.05) is 12.5 Å². The molecule has 1 aliphatic rings. The zero-order valence-corrected chi connectivity index (χ0v) is 12.3. The first-order valence-corrected chi connectivity index (χ1v) is 7.48. The van der Waals surface area contributed by atoms with Crippen molar-refractivity contribution < 1.29 is 14.6 Å². The molecule has 4 N–H and O–H groups in total. The van der Waals surface area contributed by atoms with E-state index in [0.29, 0.717) is 23.7 Å². The molecule has 1 amide bonds. The number of imidazole rings is 1. The van der Waals surface area contributed by atoms with Crippen LogP contribution in [-0.4, -0.2) is 40.4 Å². The number of amides is 1. The molecule has 1 aliphatic heterocycles. The minimum Gasteiger partial charge on any atom is -0.408 e. The fourth-order valence-electron chi connectivity index (χ4n) is 3.06. The average molecular weight is 304 g/mol. The van der Waals surface area contributed by atoms with Crippen LogP contribution < -0.4 is 15.8 Å². The Labute approximate surface area is 128 Å². The number of aliphatic hydroxyl groups excluding tert-OH is 1. The highest BCUT2D eigenvalue weighted by molar-refractivity contribution is 5.85. The molecule has 118 valence electrons. The summed E-state index contributed by atoms with van der Waals surface area (Å²) in [6, 6.07) is 5.38. The van der Waals surface area contributed by atoms with E-state index in [1.165, 1.54) is 0 Å². The SMILES string of the molecule is NC(=O)Oc1cccc2c1nc(C1CCNCC1)n2CCO. The van der Waals surface area contributed by atoms with Crippen molar-refractivity contribution in [2.24, 2.45) is 5.73 Å². The summed E-state index contributed by atoms with van der Waals surface area (Å²) in [6.07, 6.45) is 1.15. The molecule has 1 aromatic carbocycles. The lowest BCUT2D eigenvalue weighted by Gasteiger charge is -2.23. The maximum atomic E-state index is 11.0. The largest absolute Gasteiger partial charge is 0.410 e. The molecule has 0 spiro atoms. The van der Waals surface area contributed by atoms with E-state index >= 15 is 0 Å². The first kappa shape index (κ1) is 14.8. The number of carbonyl (C=O) groups excluding carboxylic acids is 1. The number of primary amides is 1. The first-order valence-electron chi connectivity index (χ1n) is 7.48. The number of fused-ring (bicyclic) bond motifs is 1. The highest BCUT2D eigenvalue weighted by Crippen LogP contribution is 2.32. The van der Waals surface area contributed by atoms with Crippen LogP contribution in [0.5, 0.6) is 5.75 Å². The van der Waals surface area contributed by atoms with E-state index in [1.807, 2.05) is 10.6 Å². The normalized spacial score (nSPS) is 16.0. The number of para-hydroxylation sites is 1. The van der Waals surface area contributed by atoms with Crippen LogP contribution in [0.15, 0.2) is 18.2 Å². The lowest BCUT2D eigenvalue weighted by atomic mass is 9.97. The molecule has 1 aromatic heterocycles. The van der Waals surface area contributed by atoms with Crippen LogP contribution in [0.25, 0.3) is 11.0 Å². The number of carbonyl (C=O) groups is 1. The number of hydrogen-bond donors (Lipinski definition) is 3. The van der Waals surface area contributed by atoms with Gasteiger partial charge in [0.2, 0.25) is 0 Å². The number of nitrogens with zero attached hydrogens (tertiary/aromatic N) is 2. The van der Waals surface area contributed by atoms with Crippen LogP contribution in [0.1, 0.15) is 24.6 Å². The van der Waals surface area contributed by atoms with Crippen molar-refractivity contribution in [1.82, 2.24) is 14.9 Å². The van der Waals surface area contributed by atoms with E-state index < -0.39 is 6.09 Å². The van der Waals surface area contributed by atoms with Gasteiger partial charge < -0.3 is 25.5 Å². The average Bonchev–Trinajstić information content (AvgIpc) is 2.88. The summed E-state index contributed by atoms with van der Waals surface area (Å²) in [4.78, 5) is 15.7. The predicted octanol–water partition coefficient (Wildman–Crippen LogP) is 0.953. The lowest BCUT2D eigenvalue weighted by molar-refractivity contribution is 0.211. The van der Waals surface area contributed by atoms with Crippen LogP contribution in [0.3, 0.4) is 0 Å². The van der Waals surface area contributed by atoms with Gasteiger partial charge in [0.25, 0.3) is 0 Å². The van der Waals surface area contributed by atoms with Crippen molar-refractivity contribution in [2.45, 2.75) is 25.3 Å². The highest BCUT2D eigenvalue weighted by atomic mass is 16.5. The number of nitrogens with one attached hydrogen (secondary N) is 1. The van der Waals surface area contributed by atoms with Gasteiger partial charge in [0.1, 0.15) is 11.3 Å². The Morgan fingerprint density at radius 1 is 1.45 bits per heavy atom. The molecule has 0 bridgehead atoms. The maximum absolute atomic E-state index is 11.0. The van der Waals surface area contributed by atoms with Crippen molar-refractivity contribution in [3.8, 4) is 5.75 Å². The summed E-state index contributed by atoms with van der Waals surface area (Å²) in [5.74, 6) is 1.63. The second kappa shape index (κ2) is 6.33. The van der Waals surface area contributed by atoms with E-state index in [4.69, 9.17) is 15.5 Å². The third-order valence-electron chi connectivity index (χ3n) is 4.01. The van der Waals surface area contributed by atoms with Gasteiger partial charge in [0.05, 0.1) is 12.1 Å². The number of piperidine rings is 1. The third-order valence-corrected chi connectivity index (χ3v) is 4.01. The topological polar surface area (TPSA) is 102 Å². The Hall–Kier alpha value is -2.12. The Morgan fingerprint density at radius 3 is 2.91 bits per heavy atom. The molecule has 0 aliphatic carbocycles. The van der Waals surface area contributed by atoms with Crippen LogP contribution in [0.4, 0.5) is 4.79 Å². The summed E-state index contributed by atoms with van der Waals surface area (Å²) in [5.41, 5.74) is 6.58. The fraction of sp³-hybridized carbons (Fsp3) is 0.467. The molecule has 1 fully saturated rings. The van der Waals surface area contributed by atoms with Crippen molar-refractivity contribution in [3.05, 3.63) is 24.0 Å². The predicted molar refractivity (Wildman–Crippen MR) is 81.9 cm³/mol. The quantitative estimate of drug-likeness (QED) is 0.780. The summed E-state index contributed by atoms with van der Waals surface area (Å²) in [7, 11) is 0.